The second-order valence-corrected chi connectivity index (χ2v) is 14.1. The Hall–Kier alpha value is -1.59. The number of nitrogens with two attached hydrogens (primary N) is 1. The Balaban J connectivity index is 2.14. The average molecular weight is 360 g/mol. The van der Waals surface area contributed by atoms with Crippen LogP contribution >= 0.6 is 0 Å². The van der Waals surface area contributed by atoms with Crippen molar-refractivity contribution in [3.63, 3.8) is 0 Å². The molecule has 1 aromatic carbocycles. The normalized spacial score (nSPS) is 13.3. The van der Waals surface area contributed by atoms with Gasteiger partial charge in [-0.3, -0.25) is 0 Å². The number of hydrogen-bond acceptors (Lipinski definition) is 3. The van der Waals surface area contributed by atoms with E-state index in [4.69, 9.17) is 10.2 Å². The van der Waals surface area contributed by atoms with Crippen LogP contribution in [0.15, 0.2) is 30.3 Å². The molecule has 0 atom stereocenters. The highest BCUT2D eigenvalue weighted by molar-refractivity contribution is 6.74. The first-order chi connectivity index (χ1) is 11.3. The van der Waals surface area contributed by atoms with E-state index in [1.165, 1.54) is 5.56 Å². The minimum Gasteiger partial charge on any atom is -0.413 e. The Kier molecular flexibility index (Phi) is 5.22. The summed E-state index contributed by atoms with van der Waals surface area (Å²) in [6, 6.07) is 10.3. The van der Waals surface area contributed by atoms with Crippen molar-refractivity contribution >= 4 is 14.1 Å². The lowest BCUT2D eigenvalue weighted by Crippen LogP contribution is -2.40. The van der Waals surface area contributed by atoms with Gasteiger partial charge in [0.05, 0.1) is 18.0 Å². The topological polar surface area (TPSA) is 53.1 Å². The molecule has 0 unspecified atom stereocenters. The van der Waals surface area contributed by atoms with Crippen LogP contribution in [0.25, 0.3) is 5.69 Å². The standard InChI is InChI=1S/C20H33N3OSi/c1-19(2,3)17-13-18(21)23(22-17)16-11-9-15(10-12-16)14-24-25(7,8)20(4,5)6/h9-13H,14,21H2,1-8H3. The van der Waals surface area contributed by atoms with Crippen molar-refractivity contribution in [1.82, 2.24) is 9.78 Å². The van der Waals surface area contributed by atoms with Crippen LogP contribution < -0.4 is 5.73 Å². The summed E-state index contributed by atoms with van der Waals surface area (Å²) in [5.41, 5.74) is 9.28. The van der Waals surface area contributed by atoms with E-state index in [1.54, 1.807) is 4.68 Å². The number of nitrogens with zero attached hydrogens (tertiary/aromatic N) is 2. The number of rotatable bonds is 4. The highest BCUT2D eigenvalue weighted by Crippen LogP contribution is 2.37. The molecule has 0 aliphatic carbocycles. The average Bonchev–Trinajstić information content (AvgIpc) is 2.87. The molecule has 0 spiro atoms. The predicted molar refractivity (Wildman–Crippen MR) is 109 cm³/mol. The minimum absolute atomic E-state index is 0.0175. The summed E-state index contributed by atoms with van der Waals surface area (Å²) < 4.78 is 8.09. The van der Waals surface area contributed by atoms with Crippen LogP contribution in [0.2, 0.25) is 18.1 Å². The van der Waals surface area contributed by atoms with Crippen LogP contribution in [0.3, 0.4) is 0 Å². The fraction of sp³-hybridized carbons (Fsp3) is 0.550. The molecule has 0 saturated heterocycles. The third kappa shape index (κ3) is 4.53. The lowest BCUT2D eigenvalue weighted by atomic mass is 9.92. The number of nitrogen functional groups attached to an aromatic ring is 1. The fourth-order valence-electron chi connectivity index (χ4n) is 2.18. The summed E-state index contributed by atoms with van der Waals surface area (Å²) >= 11 is 0. The summed E-state index contributed by atoms with van der Waals surface area (Å²) in [4.78, 5) is 0. The Morgan fingerprint density at radius 1 is 1.04 bits per heavy atom. The quantitative estimate of drug-likeness (QED) is 0.756. The molecule has 0 saturated carbocycles. The summed E-state index contributed by atoms with van der Waals surface area (Å²) in [7, 11) is -1.73. The zero-order chi connectivity index (χ0) is 19.0. The zero-order valence-corrected chi connectivity index (χ0v) is 18.0. The van der Waals surface area contributed by atoms with E-state index in [2.05, 4.69) is 84.0 Å². The first kappa shape index (κ1) is 19.7. The molecule has 25 heavy (non-hydrogen) atoms. The maximum absolute atomic E-state index is 6.29. The van der Waals surface area contributed by atoms with E-state index in [0.29, 0.717) is 12.4 Å². The molecule has 0 aliphatic rings. The third-order valence-electron chi connectivity index (χ3n) is 5.09. The number of anilines is 1. The van der Waals surface area contributed by atoms with Gasteiger partial charge >= 0.3 is 0 Å². The molecule has 138 valence electrons. The van der Waals surface area contributed by atoms with Gasteiger partial charge in [-0.1, -0.05) is 53.7 Å². The number of hydrogen-bond donors (Lipinski definition) is 1. The van der Waals surface area contributed by atoms with Gasteiger partial charge in [0.2, 0.25) is 0 Å². The van der Waals surface area contributed by atoms with Crippen LogP contribution in [0.4, 0.5) is 5.82 Å². The number of benzene rings is 1. The highest BCUT2D eigenvalue weighted by Gasteiger charge is 2.37. The van der Waals surface area contributed by atoms with E-state index in [9.17, 15) is 0 Å². The van der Waals surface area contributed by atoms with E-state index >= 15 is 0 Å². The molecule has 2 rings (SSSR count). The zero-order valence-electron chi connectivity index (χ0n) is 17.0. The molecular weight excluding hydrogens is 326 g/mol. The molecule has 2 aromatic rings. The monoisotopic (exact) mass is 359 g/mol. The SMILES string of the molecule is CC(C)(C)c1cc(N)n(-c2ccc(CO[Si](C)(C)C(C)(C)C)cc2)n1. The lowest BCUT2D eigenvalue weighted by Gasteiger charge is -2.36. The third-order valence-corrected chi connectivity index (χ3v) is 9.57. The van der Waals surface area contributed by atoms with Gasteiger partial charge in [0.1, 0.15) is 5.82 Å². The Morgan fingerprint density at radius 3 is 2.04 bits per heavy atom. The molecule has 0 fully saturated rings. The van der Waals surface area contributed by atoms with Crippen LogP contribution in [-0.2, 0) is 16.4 Å². The van der Waals surface area contributed by atoms with E-state index in [0.717, 1.165) is 11.4 Å². The van der Waals surface area contributed by atoms with Crippen molar-refractivity contribution in [3.05, 3.63) is 41.6 Å². The van der Waals surface area contributed by atoms with Gasteiger partial charge in [-0.05, 0) is 35.8 Å². The Labute approximate surface area is 153 Å². The molecule has 0 aliphatic heterocycles. The molecule has 2 N–H and O–H groups in total. The Bertz CT molecular complexity index is 719. The highest BCUT2D eigenvalue weighted by atomic mass is 28.4. The largest absolute Gasteiger partial charge is 0.413 e. The summed E-state index contributed by atoms with van der Waals surface area (Å²) in [5.74, 6) is 0.662. The summed E-state index contributed by atoms with van der Waals surface area (Å²) in [6.07, 6.45) is 0. The summed E-state index contributed by atoms with van der Waals surface area (Å²) in [5, 5.41) is 4.89. The van der Waals surface area contributed by atoms with Gasteiger partial charge in [-0.15, -0.1) is 0 Å². The van der Waals surface area contributed by atoms with Crippen LogP contribution in [0.1, 0.15) is 52.8 Å². The Morgan fingerprint density at radius 2 is 1.60 bits per heavy atom. The van der Waals surface area contributed by atoms with Gasteiger partial charge < -0.3 is 10.2 Å². The van der Waals surface area contributed by atoms with Gasteiger partial charge in [0.15, 0.2) is 8.32 Å². The number of aromatic nitrogens is 2. The smallest absolute Gasteiger partial charge is 0.192 e. The van der Waals surface area contributed by atoms with Crippen LogP contribution in [-0.4, -0.2) is 18.1 Å². The molecule has 0 radical (unpaired) electrons. The molecular formula is C20H33N3OSi. The lowest BCUT2D eigenvalue weighted by molar-refractivity contribution is 0.276. The second-order valence-electron chi connectivity index (χ2n) is 9.33. The van der Waals surface area contributed by atoms with Crippen molar-refractivity contribution < 1.29 is 4.43 Å². The summed E-state index contributed by atoms with van der Waals surface area (Å²) in [6.45, 7) is 18.4. The van der Waals surface area contributed by atoms with Gasteiger partial charge in [-0.2, -0.15) is 5.10 Å². The molecule has 1 heterocycles. The van der Waals surface area contributed by atoms with Gasteiger partial charge in [0, 0.05) is 11.5 Å². The second kappa shape index (κ2) is 6.61. The van der Waals surface area contributed by atoms with Crippen LogP contribution in [0.5, 0.6) is 0 Å². The van der Waals surface area contributed by atoms with E-state index < -0.39 is 8.32 Å². The van der Waals surface area contributed by atoms with Crippen molar-refractivity contribution in [3.8, 4) is 5.69 Å². The van der Waals surface area contributed by atoms with E-state index in [-0.39, 0.29) is 10.5 Å². The molecule has 1 aromatic heterocycles. The maximum Gasteiger partial charge on any atom is 0.192 e. The first-order valence-corrected chi connectivity index (χ1v) is 11.8. The predicted octanol–water partition coefficient (Wildman–Crippen LogP) is 5.27. The van der Waals surface area contributed by atoms with E-state index in [1.807, 2.05) is 6.07 Å². The molecule has 5 heteroatoms. The first-order valence-electron chi connectivity index (χ1n) is 8.90. The minimum atomic E-state index is -1.73. The van der Waals surface area contributed by atoms with Crippen molar-refractivity contribution in [2.45, 2.75) is 71.7 Å². The van der Waals surface area contributed by atoms with Gasteiger partial charge in [-0.25, -0.2) is 4.68 Å². The molecule has 0 amide bonds. The van der Waals surface area contributed by atoms with Crippen molar-refractivity contribution in [2.24, 2.45) is 0 Å². The van der Waals surface area contributed by atoms with Gasteiger partial charge in [0.25, 0.3) is 0 Å². The fourth-order valence-corrected chi connectivity index (χ4v) is 3.14. The van der Waals surface area contributed by atoms with Crippen LogP contribution in [0, 0.1) is 0 Å². The van der Waals surface area contributed by atoms with Crippen molar-refractivity contribution in [2.75, 3.05) is 5.73 Å². The molecule has 0 bridgehead atoms. The maximum atomic E-state index is 6.29. The molecule has 4 nitrogen and oxygen atoms in total. The van der Waals surface area contributed by atoms with Crippen molar-refractivity contribution in [1.29, 1.82) is 0 Å².